The van der Waals surface area contributed by atoms with E-state index >= 15 is 0 Å². The molecule has 0 heterocycles. The third-order valence-corrected chi connectivity index (χ3v) is 6.74. The van der Waals surface area contributed by atoms with Crippen LogP contribution in [0, 0.1) is 0 Å². The summed E-state index contributed by atoms with van der Waals surface area (Å²) in [6.07, 6.45) is 15.8. The number of hydrogen-bond donors (Lipinski definition) is 2. The standard InChI is InChI=1S/C25H42O6S/c1-3-5-6-7-8-9-10-11-12-13-14-15-16-17-21-20-22(31-23(4-2)25(26)27)18-19-24(21)32(28,29)30/h18-20,23H,3-17H2,1-2H3,(H,26,27)(H,28,29,30). The number of benzene rings is 1. The van der Waals surface area contributed by atoms with Crippen LogP contribution in [-0.2, 0) is 21.3 Å². The predicted octanol–water partition coefficient (Wildman–Crippen LogP) is 6.81. The van der Waals surface area contributed by atoms with Gasteiger partial charge in [-0.2, -0.15) is 8.42 Å². The molecule has 0 aliphatic rings. The van der Waals surface area contributed by atoms with Gasteiger partial charge in [-0.25, -0.2) is 4.79 Å². The summed E-state index contributed by atoms with van der Waals surface area (Å²) in [5.41, 5.74) is 0.466. The SMILES string of the molecule is CCCCCCCCCCCCCCCc1cc(OC(CC)C(=O)O)ccc1S(=O)(=O)O. The van der Waals surface area contributed by atoms with Crippen LogP contribution in [-0.4, -0.2) is 30.2 Å². The smallest absolute Gasteiger partial charge is 0.344 e. The first-order valence-corrected chi connectivity index (χ1v) is 13.7. The Hall–Kier alpha value is -1.60. The molecule has 2 N–H and O–H groups in total. The van der Waals surface area contributed by atoms with Crippen LogP contribution < -0.4 is 4.74 Å². The van der Waals surface area contributed by atoms with E-state index in [4.69, 9.17) is 9.84 Å². The Kier molecular flexibility index (Phi) is 14.3. The summed E-state index contributed by atoms with van der Waals surface area (Å²) in [4.78, 5) is 11.1. The maximum atomic E-state index is 11.7. The topological polar surface area (TPSA) is 101 Å². The number of carboxylic acid groups (broad SMARTS) is 1. The van der Waals surface area contributed by atoms with Crippen LogP contribution in [0.15, 0.2) is 23.1 Å². The summed E-state index contributed by atoms with van der Waals surface area (Å²) in [6.45, 7) is 3.95. The van der Waals surface area contributed by atoms with E-state index in [2.05, 4.69) is 6.92 Å². The largest absolute Gasteiger partial charge is 0.479 e. The van der Waals surface area contributed by atoms with Crippen LogP contribution in [0.4, 0.5) is 0 Å². The highest BCUT2D eigenvalue weighted by atomic mass is 32.2. The van der Waals surface area contributed by atoms with Gasteiger partial charge in [-0.1, -0.05) is 90.9 Å². The van der Waals surface area contributed by atoms with Gasteiger partial charge in [-0.05, 0) is 43.0 Å². The van der Waals surface area contributed by atoms with Crippen molar-refractivity contribution in [3.8, 4) is 5.75 Å². The minimum atomic E-state index is -4.34. The quantitative estimate of drug-likeness (QED) is 0.170. The number of rotatable bonds is 19. The Bertz CT molecular complexity index is 760. The Morgan fingerprint density at radius 3 is 1.81 bits per heavy atom. The molecule has 6 nitrogen and oxygen atoms in total. The van der Waals surface area contributed by atoms with Crippen molar-refractivity contribution in [3.05, 3.63) is 23.8 Å². The molecule has 1 rings (SSSR count). The third-order valence-electron chi connectivity index (χ3n) is 5.78. The van der Waals surface area contributed by atoms with Crippen molar-refractivity contribution in [1.29, 1.82) is 0 Å². The monoisotopic (exact) mass is 470 g/mol. The van der Waals surface area contributed by atoms with E-state index in [1.54, 1.807) is 6.92 Å². The second-order valence-electron chi connectivity index (χ2n) is 8.59. The fraction of sp³-hybridized carbons (Fsp3) is 0.720. The van der Waals surface area contributed by atoms with Gasteiger partial charge >= 0.3 is 5.97 Å². The Balaban J connectivity index is 2.39. The molecule has 0 spiro atoms. The maximum absolute atomic E-state index is 11.7. The van der Waals surface area contributed by atoms with Crippen molar-refractivity contribution in [1.82, 2.24) is 0 Å². The zero-order chi connectivity index (χ0) is 23.8. The number of ether oxygens (including phenoxy) is 1. The molecule has 0 bridgehead atoms. The first kappa shape index (κ1) is 28.4. The van der Waals surface area contributed by atoms with E-state index in [9.17, 15) is 17.8 Å². The number of aryl methyl sites for hydroxylation is 1. The highest BCUT2D eigenvalue weighted by Gasteiger charge is 2.20. The van der Waals surface area contributed by atoms with E-state index in [1.807, 2.05) is 0 Å². The number of carboxylic acids is 1. The van der Waals surface area contributed by atoms with Crippen LogP contribution >= 0.6 is 0 Å². The number of carbonyl (C=O) groups is 1. The summed E-state index contributed by atoms with van der Waals surface area (Å²) in [7, 11) is -4.34. The molecule has 0 aliphatic heterocycles. The zero-order valence-corrected chi connectivity index (χ0v) is 20.7. The highest BCUT2D eigenvalue weighted by molar-refractivity contribution is 7.85. The van der Waals surface area contributed by atoms with Gasteiger partial charge in [-0.3, -0.25) is 4.55 Å². The van der Waals surface area contributed by atoms with Crippen LogP contribution in [0.25, 0.3) is 0 Å². The van der Waals surface area contributed by atoms with Crippen molar-refractivity contribution in [2.45, 2.75) is 121 Å². The lowest BCUT2D eigenvalue weighted by atomic mass is 10.0. The summed E-state index contributed by atoms with van der Waals surface area (Å²) in [5.74, 6) is -0.763. The molecule has 0 aliphatic carbocycles. The Morgan fingerprint density at radius 2 is 1.38 bits per heavy atom. The van der Waals surface area contributed by atoms with Gasteiger partial charge in [0.2, 0.25) is 0 Å². The summed E-state index contributed by atoms with van der Waals surface area (Å²) >= 11 is 0. The number of unbranched alkanes of at least 4 members (excludes halogenated alkanes) is 12. The van der Waals surface area contributed by atoms with E-state index in [-0.39, 0.29) is 4.90 Å². The second-order valence-corrected chi connectivity index (χ2v) is 9.98. The molecule has 1 atom stereocenters. The molecule has 7 heteroatoms. The van der Waals surface area contributed by atoms with Gasteiger partial charge in [0.05, 0.1) is 4.90 Å². The van der Waals surface area contributed by atoms with Gasteiger partial charge in [0.1, 0.15) is 5.75 Å². The maximum Gasteiger partial charge on any atom is 0.344 e. The lowest BCUT2D eigenvalue weighted by molar-refractivity contribution is -0.145. The molecule has 1 aromatic rings. The van der Waals surface area contributed by atoms with Gasteiger partial charge in [-0.15, -0.1) is 0 Å². The average Bonchev–Trinajstić information content (AvgIpc) is 2.74. The van der Waals surface area contributed by atoms with Crippen LogP contribution in [0.1, 0.15) is 109 Å². The van der Waals surface area contributed by atoms with Crippen molar-refractivity contribution in [2.24, 2.45) is 0 Å². The predicted molar refractivity (Wildman–Crippen MR) is 128 cm³/mol. The van der Waals surface area contributed by atoms with Crippen LogP contribution in [0.2, 0.25) is 0 Å². The molecule has 0 amide bonds. The second kappa shape index (κ2) is 16.1. The molecule has 32 heavy (non-hydrogen) atoms. The molecular weight excluding hydrogens is 428 g/mol. The zero-order valence-electron chi connectivity index (χ0n) is 19.9. The molecule has 184 valence electrons. The highest BCUT2D eigenvalue weighted by Crippen LogP contribution is 2.25. The molecular formula is C25H42O6S. The molecule has 0 saturated carbocycles. The van der Waals surface area contributed by atoms with E-state index < -0.39 is 22.2 Å². The molecule has 1 unspecified atom stereocenters. The fourth-order valence-electron chi connectivity index (χ4n) is 3.88. The van der Waals surface area contributed by atoms with Crippen LogP contribution in [0.5, 0.6) is 5.75 Å². The molecule has 1 aromatic carbocycles. The van der Waals surface area contributed by atoms with Crippen molar-refractivity contribution >= 4 is 16.1 Å². The van der Waals surface area contributed by atoms with Crippen molar-refractivity contribution in [3.63, 3.8) is 0 Å². The van der Waals surface area contributed by atoms with Crippen LogP contribution in [0.3, 0.4) is 0 Å². The van der Waals surface area contributed by atoms with E-state index in [1.165, 1.54) is 82.4 Å². The summed E-state index contributed by atoms with van der Waals surface area (Å²) in [5, 5.41) is 9.16. The fourth-order valence-corrected chi connectivity index (χ4v) is 4.61. The lowest BCUT2D eigenvalue weighted by Crippen LogP contribution is -2.26. The number of aliphatic carboxylic acids is 1. The Morgan fingerprint density at radius 1 is 0.875 bits per heavy atom. The molecule has 0 aromatic heterocycles. The van der Waals surface area contributed by atoms with E-state index in [0.29, 0.717) is 24.2 Å². The normalized spacial score (nSPS) is 12.6. The first-order chi connectivity index (χ1) is 15.3. The summed E-state index contributed by atoms with van der Waals surface area (Å²) in [6, 6.07) is 4.22. The average molecular weight is 471 g/mol. The van der Waals surface area contributed by atoms with Gasteiger partial charge < -0.3 is 9.84 Å². The van der Waals surface area contributed by atoms with Gasteiger partial charge in [0, 0.05) is 0 Å². The first-order valence-electron chi connectivity index (χ1n) is 12.3. The lowest BCUT2D eigenvalue weighted by Gasteiger charge is -2.15. The third kappa shape index (κ3) is 11.9. The summed E-state index contributed by atoms with van der Waals surface area (Å²) < 4.78 is 38.4. The molecule has 0 fully saturated rings. The molecule has 0 saturated heterocycles. The van der Waals surface area contributed by atoms with Crippen molar-refractivity contribution < 1.29 is 27.6 Å². The van der Waals surface area contributed by atoms with Crippen molar-refractivity contribution in [2.75, 3.05) is 0 Å². The molecule has 0 radical (unpaired) electrons. The van der Waals surface area contributed by atoms with Gasteiger partial charge in [0.25, 0.3) is 10.1 Å². The Labute approximate surface area is 194 Å². The van der Waals surface area contributed by atoms with E-state index in [0.717, 1.165) is 19.3 Å². The van der Waals surface area contributed by atoms with Gasteiger partial charge in [0.15, 0.2) is 6.10 Å². The minimum absolute atomic E-state index is 0.132. The number of hydrogen-bond acceptors (Lipinski definition) is 4. The minimum Gasteiger partial charge on any atom is -0.479 e.